The molecule has 2 N–H and O–H groups in total. The average molecular weight is 243 g/mol. The second-order valence-corrected chi connectivity index (χ2v) is 4.92. The van der Waals surface area contributed by atoms with Crippen molar-refractivity contribution in [1.82, 2.24) is 9.97 Å². The van der Waals surface area contributed by atoms with E-state index in [1.165, 1.54) is 0 Å². The lowest BCUT2D eigenvalue weighted by atomic mass is 9.82. The Balaban J connectivity index is 1.81. The van der Waals surface area contributed by atoms with E-state index in [1.54, 1.807) is 0 Å². The van der Waals surface area contributed by atoms with Crippen LogP contribution in [0.25, 0.3) is 11.0 Å². The Morgan fingerprint density at radius 1 is 1.22 bits per heavy atom. The minimum Gasteiger partial charge on any atom is -0.473 e. The van der Waals surface area contributed by atoms with Gasteiger partial charge in [0.25, 0.3) is 0 Å². The van der Waals surface area contributed by atoms with E-state index >= 15 is 0 Å². The summed E-state index contributed by atoms with van der Waals surface area (Å²) in [6.07, 6.45) is 2.32. The quantitative estimate of drug-likeness (QED) is 0.896. The van der Waals surface area contributed by atoms with Gasteiger partial charge in [-0.15, -0.1) is 0 Å². The highest BCUT2D eigenvalue weighted by atomic mass is 16.5. The van der Waals surface area contributed by atoms with Crippen LogP contribution in [0, 0.1) is 12.8 Å². The van der Waals surface area contributed by atoms with Crippen LogP contribution < -0.4 is 10.5 Å². The first-order valence-electron chi connectivity index (χ1n) is 6.36. The first-order chi connectivity index (χ1) is 8.76. The summed E-state index contributed by atoms with van der Waals surface area (Å²) in [6, 6.07) is 7.85. The number of hydrogen-bond donors (Lipinski definition) is 1. The number of nitrogens with two attached hydrogens (primary N) is 1. The SMILES string of the molecule is Cc1nc2ccccc2nc1OC1CC(CN)C1. The third-order valence-electron chi connectivity index (χ3n) is 3.51. The maximum atomic E-state index is 5.89. The van der Waals surface area contributed by atoms with Gasteiger partial charge in [0, 0.05) is 0 Å². The minimum atomic E-state index is 0.257. The van der Waals surface area contributed by atoms with Crippen LogP contribution in [0.3, 0.4) is 0 Å². The minimum absolute atomic E-state index is 0.257. The maximum absolute atomic E-state index is 5.89. The molecule has 0 bridgehead atoms. The first kappa shape index (κ1) is 11.4. The molecule has 0 unspecified atom stereocenters. The van der Waals surface area contributed by atoms with Crippen LogP contribution in [-0.2, 0) is 0 Å². The third-order valence-corrected chi connectivity index (χ3v) is 3.51. The van der Waals surface area contributed by atoms with Gasteiger partial charge in [0.1, 0.15) is 11.8 Å². The number of benzene rings is 1. The van der Waals surface area contributed by atoms with E-state index in [4.69, 9.17) is 10.5 Å². The third kappa shape index (κ3) is 2.04. The van der Waals surface area contributed by atoms with Crippen LogP contribution in [0.1, 0.15) is 18.5 Å². The Hall–Kier alpha value is -1.68. The number of ether oxygens (including phenoxy) is 1. The summed E-state index contributed by atoms with van der Waals surface area (Å²) in [5, 5.41) is 0. The standard InChI is InChI=1S/C14H17N3O/c1-9-14(18-11-6-10(7-11)8-15)17-13-5-3-2-4-12(13)16-9/h2-5,10-11H,6-8,15H2,1H3. The van der Waals surface area contributed by atoms with Crippen molar-refractivity contribution in [2.75, 3.05) is 6.54 Å². The van der Waals surface area contributed by atoms with Gasteiger partial charge >= 0.3 is 0 Å². The molecule has 18 heavy (non-hydrogen) atoms. The molecule has 3 rings (SSSR count). The van der Waals surface area contributed by atoms with Crippen LogP contribution in [0.2, 0.25) is 0 Å². The van der Waals surface area contributed by atoms with Crippen molar-refractivity contribution < 1.29 is 4.74 Å². The number of aryl methyl sites for hydroxylation is 1. The van der Waals surface area contributed by atoms with Crippen LogP contribution >= 0.6 is 0 Å². The molecule has 1 aliphatic rings. The molecular formula is C14H17N3O. The van der Waals surface area contributed by atoms with Crippen LogP contribution in [-0.4, -0.2) is 22.6 Å². The monoisotopic (exact) mass is 243 g/mol. The van der Waals surface area contributed by atoms with Crippen LogP contribution in [0.15, 0.2) is 24.3 Å². The van der Waals surface area contributed by atoms with Gasteiger partial charge in [-0.3, -0.25) is 0 Å². The Morgan fingerprint density at radius 3 is 2.56 bits per heavy atom. The lowest BCUT2D eigenvalue weighted by Crippen LogP contribution is -2.38. The van der Waals surface area contributed by atoms with E-state index in [2.05, 4.69) is 9.97 Å². The van der Waals surface area contributed by atoms with Crippen molar-refractivity contribution in [3.63, 3.8) is 0 Å². The fraction of sp³-hybridized carbons (Fsp3) is 0.429. The normalized spacial score (nSPS) is 22.8. The van der Waals surface area contributed by atoms with E-state index in [0.29, 0.717) is 11.8 Å². The second kappa shape index (κ2) is 4.53. The molecule has 0 radical (unpaired) electrons. The largest absolute Gasteiger partial charge is 0.473 e. The van der Waals surface area contributed by atoms with Crippen molar-refractivity contribution in [1.29, 1.82) is 0 Å². The van der Waals surface area contributed by atoms with Gasteiger partial charge in [-0.05, 0) is 44.4 Å². The van der Waals surface area contributed by atoms with Crippen molar-refractivity contribution in [3.05, 3.63) is 30.0 Å². The molecular weight excluding hydrogens is 226 g/mol. The van der Waals surface area contributed by atoms with Crippen molar-refractivity contribution in [2.24, 2.45) is 11.7 Å². The zero-order valence-electron chi connectivity index (χ0n) is 10.5. The predicted molar refractivity (Wildman–Crippen MR) is 70.5 cm³/mol. The molecule has 2 aromatic rings. The van der Waals surface area contributed by atoms with Gasteiger partial charge < -0.3 is 10.5 Å². The van der Waals surface area contributed by atoms with Gasteiger partial charge in [0.05, 0.1) is 11.0 Å². The molecule has 1 heterocycles. The van der Waals surface area contributed by atoms with Gasteiger partial charge in [-0.25, -0.2) is 9.97 Å². The maximum Gasteiger partial charge on any atom is 0.236 e. The molecule has 1 saturated carbocycles. The topological polar surface area (TPSA) is 61.0 Å². The molecule has 0 atom stereocenters. The smallest absolute Gasteiger partial charge is 0.236 e. The van der Waals surface area contributed by atoms with E-state index in [9.17, 15) is 0 Å². The highest BCUT2D eigenvalue weighted by molar-refractivity contribution is 5.74. The zero-order valence-corrected chi connectivity index (χ0v) is 10.5. The fourth-order valence-corrected chi connectivity index (χ4v) is 2.30. The summed E-state index contributed by atoms with van der Waals surface area (Å²) in [6.45, 7) is 2.69. The van der Waals surface area contributed by atoms with E-state index in [1.807, 2.05) is 31.2 Å². The summed E-state index contributed by atoms with van der Waals surface area (Å²) in [5.74, 6) is 1.28. The Bertz CT molecular complexity index is 564. The molecule has 1 aromatic heterocycles. The van der Waals surface area contributed by atoms with Crippen LogP contribution in [0.4, 0.5) is 0 Å². The molecule has 0 aliphatic heterocycles. The molecule has 0 saturated heterocycles. The van der Waals surface area contributed by atoms with E-state index in [0.717, 1.165) is 36.1 Å². The number of fused-ring (bicyclic) bond motifs is 1. The average Bonchev–Trinajstić information content (AvgIpc) is 2.33. The molecule has 0 amide bonds. The van der Waals surface area contributed by atoms with E-state index in [-0.39, 0.29) is 6.10 Å². The number of rotatable bonds is 3. The van der Waals surface area contributed by atoms with Gasteiger partial charge in [0.2, 0.25) is 5.88 Å². The van der Waals surface area contributed by atoms with Crippen molar-refractivity contribution in [3.8, 4) is 5.88 Å². The molecule has 1 fully saturated rings. The van der Waals surface area contributed by atoms with Gasteiger partial charge in [-0.2, -0.15) is 0 Å². The second-order valence-electron chi connectivity index (χ2n) is 4.92. The summed E-state index contributed by atoms with van der Waals surface area (Å²) in [7, 11) is 0. The van der Waals surface area contributed by atoms with E-state index < -0.39 is 0 Å². The Kier molecular flexibility index (Phi) is 2.88. The summed E-state index contributed by atoms with van der Waals surface area (Å²) in [4.78, 5) is 9.05. The van der Waals surface area contributed by atoms with Crippen molar-refractivity contribution in [2.45, 2.75) is 25.9 Å². The molecule has 0 spiro atoms. The zero-order chi connectivity index (χ0) is 12.5. The van der Waals surface area contributed by atoms with Crippen molar-refractivity contribution >= 4 is 11.0 Å². The fourth-order valence-electron chi connectivity index (χ4n) is 2.30. The molecule has 4 nitrogen and oxygen atoms in total. The number of hydrogen-bond acceptors (Lipinski definition) is 4. The highest BCUT2D eigenvalue weighted by Gasteiger charge is 2.30. The molecule has 94 valence electrons. The summed E-state index contributed by atoms with van der Waals surface area (Å²) < 4.78 is 5.89. The lowest BCUT2D eigenvalue weighted by molar-refractivity contribution is 0.0641. The Labute approximate surface area is 106 Å². The highest BCUT2D eigenvalue weighted by Crippen LogP contribution is 2.31. The molecule has 1 aliphatic carbocycles. The number of para-hydroxylation sites is 2. The summed E-state index contributed by atoms with van der Waals surface area (Å²) >= 11 is 0. The Morgan fingerprint density at radius 2 is 1.89 bits per heavy atom. The first-order valence-corrected chi connectivity index (χ1v) is 6.36. The van der Waals surface area contributed by atoms with Crippen LogP contribution in [0.5, 0.6) is 5.88 Å². The molecule has 4 heteroatoms. The number of nitrogens with zero attached hydrogens (tertiary/aromatic N) is 2. The summed E-state index contributed by atoms with van der Waals surface area (Å²) in [5.41, 5.74) is 8.26. The van der Waals surface area contributed by atoms with Gasteiger partial charge in [-0.1, -0.05) is 12.1 Å². The van der Waals surface area contributed by atoms with Gasteiger partial charge in [0.15, 0.2) is 0 Å². The predicted octanol–water partition coefficient (Wildman–Crippen LogP) is 2.05. The number of aromatic nitrogens is 2. The molecule has 1 aromatic carbocycles. The lowest BCUT2D eigenvalue weighted by Gasteiger charge is -2.34.